The second kappa shape index (κ2) is 5.68. The molecule has 0 aliphatic rings. The quantitative estimate of drug-likeness (QED) is 0.831. The van der Waals surface area contributed by atoms with Gasteiger partial charge < -0.3 is 9.88 Å². The van der Waals surface area contributed by atoms with Gasteiger partial charge in [-0.25, -0.2) is 4.98 Å². The highest BCUT2D eigenvalue weighted by Crippen LogP contribution is 2.10. The van der Waals surface area contributed by atoms with Gasteiger partial charge in [-0.2, -0.15) is 0 Å². The molecule has 0 saturated heterocycles. The third-order valence-electron chi connectivity index (χ3n) is 2.82. The normalized spacial score (nSPS) is 12.8. The van der Waals surface area contributed by atoms with Crippen LogP contribution in [0.2, 0.25) is 0 Å². The lowest BCUT2D eigenvalue weighted by molar-refractivity contribution is 0.508. The molecule has 1 unspecified atom stereocenters. The minimum absolute atomic E-state index is 0.0379. The van der Waals surface area contributed by atoms with Crippen molar-refractivity contribution >= 4 is 5.82 Å². The molecule has 0 bridgehead atoms. The van der Waals surface area contributed by atoms with E-state index < -0.39 is 0 Å². The molecule has 4 nitrogen and oxygen atoms in total. The minimum Gasteiger partial charge on any atom is -0.362 e. The summed E-state index contributed by atoms with van der Waals surface area (Å²) in [6.45, 7) is 9.02. The summed E-state index contributed by atoms with van der Waals surface area (Å²) < 4.78 is 1.66. The first kappa shape index (κ1) is 12.7. The Balaban J connectivity index is 2.93. The molecule has 0 spiro atoms. The van der Waals surface area contributed by atoms with Crippen molar-refractivity contribution in [3.05, 3.63) is 22.7 Å². The van der Waals surface area contributed by atoms with Crippen molar-refractivity contribution in [2.24, 2.45) is 5.92 Å². The van der Waals surface area contributed by atoms with E-state index in [4.69, 9.17) is 0 Å². The summed E-state index contributed by atoms with van der Waals surface area (Å²) >= 11 is 0. The van der Waals surface area contributed by atoms with E-state index in [9.17, 15) is 4.79 Å². The van der Waals surface area contributed by atoms with Gasteiger partial charge in [-0.1, -0.05) is 20.8 Å². The largest absolute Gasteiger partial charge is 0.362 e. The molecule has 1 heterocycles. The van der Waals surface area contributed by atoms with Gasteiger partial charge in [0.05, 0.1) is 0 Å². The third kappa shape index (κ3) is 2.84. The Morgan fingerprint density at radius 1 is 1.44 bits per heavy atom. The predicted molar refractivity (Wildman–Crippen MR) is 66.7 cm³/mol. The van der Waals surface area contributed by atoms with Crippen molar-refractivity contribution in [2.45, 2.75) is 46.7 Å². The summed E-state index contributed by atoms with van der Waals surface area (Å²) in [4.78, 5) is 16.0. The zero-order valence-electron chi connectivity index (χ0n) is 10.5. The Kier molecular flexibility index (Phi) is 4.52. The number of hydrogen-bond donors (Lipinski definition) is 1. The zero-order chi connectivity index (χ0) is 12.1. The predicted octanol–water partition coefficient (Wildman–Crippen LogP) is 2.11. The van der Waals surface area contributed by atoms with Crippen molar-refractivity contribution in [1.82, 2.24) is 9.55 Å². The monoisotopic (exact) mass is 223 g/mol. The molecule has 1 atom stereocenters. The van der Waals surface area contributed by atoms with E-state index in [0.29, 0.717) is 24.3 Å². The summed E-state index contributed by atoms with van der Waals surface area (Å²) in [7, 11) is 0. The first-order valence-electron chi connectivity index (χ1n) is 5.92. The molecule has 1 aromatic rings. The van der Waals surface area contributed by atoms with Crippen LogP contribution in [0.3, 0.4) is 0 Å². The van der Waals surface area contributed by atoms with Gasteiger partial charge in [0, 0.05) is 25.0 Å². The smallest absolute Gasteiger partial charge is 0.293 e. The van der Waals surface area contributed by atoms with Crippen LogP contribution in [-0.2, 0) is 6.54 Å². The van der Waals surface area contributed by atoms with Crippen molar-refractivity contribution in [3.63, 3.8) is 0 Å². The van der Waals surface area contributed by atoms with Crippen molar-refractivity contribution in [1.29, 1.82) is 0 Å². The molecule has 4 heteroatoms. The molecule has 1 aromatic heterocycles. The fourth-order valence-electron chi connectivity index (χ4n) is 1.71. The maximum atomic E-state index is 11.9. The van der Waals surface area contributed by atoms with Crippen LogP contribution in [0.25, 0.3) is 0 Å². The average molecular weight is 223 g/mol. The number of aromatic nitrogens is 2. The van der Waals surface area contributed by atoms with E-state index in [-0.39, 0.29) is 5.56 Å². The molecule has 0 saturated carbocycles. The van der Waals surface area contributed by atoms with Gasteiger partial charge >= 0.3 is 0 Å². The number of nitrogens with zero attached hydrogens (tertiary/aromatic N) is 2. The molecule has 0 aliphatic heterocycles. The highest BCUT2D eigenvalue weighted by Gasteiger charge is 2.13. The van der Waals surface area contributed by atoms with Crippen LogP contribution in [0, 0.1) is 5.92 Å². The molecule has 0 radical (unpaired) electrons. The van der Waals surface area contributed by atoms with E-state index in [1.54, 1.807) is 17.0 Å². The maximum Gasteiger partial charge on any atom is 0.293 e. The van der Waals surface area contributed by atoms with E-state index in [1.807, 2.05) is 6.92 Å². The SMILES string of the molecule is CCC(Nc1nccn(CC)c1=O)C(C)C. The lowest BCUT2D eigenvalue weighted by Gasteiger charge is -2.21. The van der Waals surface area contributed by atoms with Crippen LogP contribution in [0.5, 0.6) is 0 Å². The molecular weight excluding hydrogens is 202 g/mol. The van der Waals surface area contributed by atoms with Crippen LogP contribution in [0.4, 0.5) is 5.82 Å². The number of aryl methyl sites for hydroxylation is 1. The molecule has 0 amide bonds. The van der Waals surface area contributed by atoms with Gasteiger partial charge in [0.15, 0.2) is 5.82 Å². The fraction of sp³-hybridized carbons (Fsp3) is 0.667. The zero-order valence-corrected chi connectivity index (χ0v) is 10.5. The summed E-state index contributed by atoms with van der Waals surface area (Å²) in [5.74, 6) is 0.950. The van der Waals surface area contributed by atoms with Crippen LogP contribution >= 0.6 is 0 Å². The van der Waals surface area contributed by atoms with Gasteiger partial charge in [0.1, 0.15) is 0 Å². The standard InChI is InChI=1S/C12H21N3O/c1-5-10(9(3)4)14-11-12(16)15(6-2)8-7-13-11/h7-10H,5-6H2,1-4H3,(H,13,14). The first-order chi connectivity index (χ1) is 7.60. The van der Waals surface area contributed by atoms with Gasteiger partial charge in [0.25, 0.3) is 5.56 Å². The molecule has 0 fully saturated rings. The van der Waals surface area contributed by atoms with Crippen LogP contribution < -0.4 is 10.9 Å². The number of hydrogen-bond acceptors (Lipinski definition) is 3. The number of anilines is 1. The van der Waals surface area contributed by atoms with Gasteiger partial charge in [0.2, 0.25) is 0 Å². The maximum absolute atomic E-state index is 11.9. The lowest BCUT2D eigenvalue weighted by atomic mass is 10.0. The average Bonchev–Trinajstić information content (AvgIpc) is 2.27. The topological polar surface area (TPSA) is 46.9 Å². The van der Waals surface area contributed by atoms with Crippen molar-refractivity contribution in [2.75, 3.05) is 5.32 Å². The van der Waals surface area contributed by atoms with E-state index in [1.165, 1.54) is 0 Å². The van der Waals surface area contributed by atoms with E-state index in [2.05, 4.69) is 31.1 Å². The third-order valence-corrected chi connectivity index (χ3v) is 2.82. The first-order valence-corrected chi connectivity index (χ1v) is 5.92. The van der Waals surface area contributed by atoms with Crippen LogP contribution in [0.1, 0.15) is 34.1 Å². The lowest BCUT2D eigenvalue weighted by Crippen LogP contribution is -2.31. The van der Waals surface area contributed by atoms with Crippen molar-refractivity contribution < 1.29 is 0 Å². The summed E-state index contributed by atoms with van der Waals surface area (Å²) in [6.07, 6.45) is 4.37. The Bertz CT molecular complexity index is 384. The minimum atomic E-state index is -0.0379. The summed E-state index contributed by atoms with van der Waals surface area (Å²) in [5.41, 5.74) is -0.0379. The second-order valence-corrected chi connectivity index (χ2v) is 4.27. The molecule has 16 heavy (non-hydrogen) atoms. The highest BCUT2D eigenvalue weighted by atomic mass is 16.1. The number of rotatable bonds is 5. The molecular formula is C12H21N3O. The summed E-state index contributed by atoms with van der Waals surface area (Å²) in [6, 6.07) is 0.299. The van der Waals surface area contributed by atoms with Crippen molar-refractivity contribution in [3.8, 4) is 0 Å². The Morgan fingerprint density at radius 3 is 2.62 bits per heavy atom. The molecule has 1 N–H and O–H groups in total. The summed E-state index contributed by atoms with van der Waals surface area (Å²) in [5, 5.41) is 3.23. The van der Waals surface area contributed by atoms with Gasteiger partial charge in [-0.15, -0.1) is 0 Å². The molecule has 0 aromatic carbocycles. The Labute approximate surface area is 96.7 Å². The highest BCUT2D eigenvalue weighted by molar-refractivity contribution is 5.32. The van der Waals surface area contributed by atoms with Gasteiger partial charge in [-0.05, 0) is 19.3 Å². The van der Waals surface area contributed by atoms with Crippen LogP contribution in [0.15, 0.2) is 17.2 Å². The van der Waals surface area contributed by atoms with Gasteiger partial charge in [-0.3, -0.25) is 4.79 Å². The molecule has 90 valence electrons. The number of nitrogens with one attached hydrogen (secondary N) is 1. The second-order valence-electron chi connectivity index (χ2n) is 4.27. The fourth-order valence-corrected chi connectivity index (χ4v) is 1.71. The van der Waals surface area contributed by atoms with E-state index >= 15 is 0 Å². The molecule has 0 aliphatic carbocycles. The Hall–Kier alpha value is -1.32. The van der Waals surface area contributed by atoms with E-state index in [0.717, 1.165) is 6.42 Å². The Morgan fingerprint density at radius 2 is 2.12 bits per heavy atom. The molecule has 1 rings (SSSR count). The van der Waals surface area contributed by atoms with Crippen LogP contribution in [-0.4, -0.2) is 15.6 Å².